The first-order chi connectivity index (χ1) is 9.38. The van der Waals surface area contributed by atoms with Crippen molar-refractivity contribution < 1.29 is 9.18 Å². The van der Waals surface area contributed by atoms with Crippen LogP contribution in [0.4, 0.5) is 15.8 Å². The van der Waals surface area contributed by atoms with Gasteiger partial charge in [0, 0.05) is 10.7 Å². The van der Waals surface area contributed by atoms with E-state index in [1.807, 2.05) is 0 Å². The van der Waals surface area contributed by atoms with Gasteiger partial charge in [-0.05, 0) is 42.8 Å². The minimum Gasteiger partial charge on any atom is -0.398 e. The second kappa shape index (κ2) is 5.69. The summed E-state index contributed by atoms with van der Waals surface area (Å²) < 4.78 is 13.2. The first-order valence-electron chi connectivity index (χ1n) is 5.70. The number of anilines is 2. The fourth-order valence-corrected chi connectivity index (χ4v) is 2.09. The zero-order valence-electron chi connectivity index (χ0n) is 10.5. The van der Waals surface area contributed by atoms with Crippen LogP contribution < -0.4 is 11.1 Å². The second-order valence-corrected chi connectivity index (χ2v) is 5.08. The van der Waals surface area contributed by atoms with Gasteiger partial charge in [0.1, 0.15) is 5.82 Å². The van der Waals surface area contributed by atoms with Crippen molar-refractivity contribution in [1.29, 1.82) is 0 Å². The van der Waals surface area contributed by atoms with Crippen LogP contribution in [0.5, 0.6) is 0 Å². The van der Waals surface area contributed by atoms with E-state index in [4.69, 9.17) is 28.9 Å². The maximum atomic E-state index is 13.2. The highest BCUT2D eigenvalue weighted by atomic mass is 35.5. The van der Waals surface area contributed by atoms with Crippen LogP contribution >= 0.6 is 23.2 Å². The van der Waals surface area contributed by atoms with Crippen molar-refractivity contribution in [2.75, 3.05) is 11.1 Å². The van der Waals surface area contributed by atoms with E-state index in [9.17, 15) is 9.18 Å². The largest absolute Gasteiger partial charge is 0.398 e. The third-order valence-electron chi connectivity index (χ3n) is 2.76. The van der Waals surface area contributed by atoms with Gasteiger partial charge in [0.05, 0.1) is 16.3 Å². The molecule has 0 radical (unpaired) electrons. The summed E-state index contributed by atoms with van der Waals surface area (Å²) in [7, 11) is 0. The number of nitrogens with two attached hydrogens (primary N) is 1. The summed E-state index contributed by atoms with van der Waals surface area (Å²) >= 11 is 12.0. The van der Waals surface area contributed by atoms with Gasteiger partial charge in [-0.15, -0.1) is 0 Å². The molecule has 2 aromatic carbocycles. The summed E-state index contributed by atoms with van der Waals surface area (Å²) in [5.74, 6) is -1.10. The monoisotopic (exact) mass is 312 g/mol. The van der Waals surface area contributed by atoms with Crippen LogP contribution in [0.2, 0.25) is 10.0 Å². The number of halogens is 3. The topological polar surface area (TPSA) is 55.1 Å². The van der Waals surface area contributed by atoms with Crippen molar-refractivity contribution in [3.8, 4) is 0 Å². The van der Waals surface area contributed by atoms with Gasteiger partial charge >= 0.3 is 0 Å². The molecule has 6 heteroatoms. The Labute approximate surface area is 125 Å². The SMILES string of the molecule is Cc1cc(Cl)c(NC(=O)c2cc(F)ccc2N)cc1Cl. The van der Waals surface area contributed by atoms with E-state index in [1.165, 1.54) is 18.2 Å². The number of carbonyl (C=O) groups is 1. The third-order valence-corrected chi connectivity index (χ3v) is 3.48. The quantitative estimate of drug-likeness (QED) is 0.813. The van der Waals surface area contributed by atoms with E-state index < -0.39 is 11.7 Å². The number of nitrogen functional groups attached to an aromatic ring is 1. The van der Waals surface area contributed by atoms with Gasteiger partial charge in [-0.2, -0.15) is 0 Å². The number of rotatable bonds is 2. The maximum Gasteiger partial charge on any atom is 0.257 e. The van der Waals surface area contributed by atoms with Crippen LogP contribution in [0.1, 0.15) is 15.9 Å². The molecule has 0 saturated heterocycles. The highest BCUT2D eigenvalue weighted by Gasteiger charge is 2.13. The number of carbonyl (C=O) groups excluding carboxylic acids is 1. The van der Waals surface area contributed by atoms with Crippen LogP contribution in [0.3, 0.4) is 0 Å². The highest BCUT2D eigenvalue weighted by Crippen LogP contribution is 2.29. The lowest BCUT2D eigenvalue weighted by Gasteiger charge is -2.10. The molecule has 2 rings (SSSR count). The Morgan fingerprint density at radius 2 is 1.90 bits per heavy atom. The molecule has 20 heavy (non-hydrogen) atoms. The van der Waals surface area contributed by atoms with Gasteiger partial charge in [-0.1, -0.05) is 23.2 Å². The van der Waals surface area contributed by atoms with E-state index in [1.54, 1.807) is 13.0 Å². The summed E-state index contributed by atoms with van der Waals surface area (Å²) in [5.41, 5.74) is 7.00. The normalized spacial score (nSPS) is 10.4. The molecule has 0 saturated carbocycles. The molecule has 0 aliphatic carbocycles. The van der Waals surface area contributed by atoms with Crippen molar-refractivity contribution in [1.82, 2.24) is 0 Å². The van der Waals surface area contributed by atoms with Crippen molar-refractivity contribution in [2.24, 2.45) is 0 Å². The van der Waals surface area contributed by atoms with Gasteiger partial charge in [-0.25, -0.2) is 4.39 Å². The van der Waals surface area contributed by atoms with Crippen LogP contribution in [0.25, 0.3) is 0 Å². The van der Waals surface area contributed by atoms with Crippen LogP contribution in [-0.4, -0.2) is 5.91 Å². The summed E-state index contributed by atoms with van der Waals surface area (Å²) in [5, 5.41) is 3.37. The smallest absolute Gasteiger partial charge is 0.257 e. The molecular weight excluding hydrogens is 302 g/mol. The highest BCUT2D eigenvalue weighted by molar-refractivity contribution is 6.36. The van der Waals surface area contributed by atoms with Crippen molar-refractivity contribution >= 4 is 40.5 Å². The van der Waals surface area contributed by atoms with Crippen molar-refractivity contribution in [2.45, 2.75) is 6.92 Å². The summed E-state index contributed by atoms with van der Waals surface area (Å²) in [6.45, 7) is 1.80. The Balaban J connectivity index is 2.32. The lowest BCUT2D eigenvalue weighted by molar-refractivity contribution is 0.102. The molecule has 0 aliphatic rings. The van der Waals surface area contributed by atoms with E-state index in [2.05, 4.69) is 5.32 Å². The zero-order chi connectivity index (χ0) is 14.9. The lowest BCUT2D eigenvalue weighted by Crippen LogP contribution is -2.14. The van der Waals surface area contributed by atoms with E-state index in [0.717, 1.165) is 11.6 Å². The lowest BCUT2D eigenvalue weighted by atomic mass is 10.1. The maximum absolute atomic E-state index is 13.2. The second-order valence-electron chi connectivity index (χ2n) is 4.27. The minimum absolute atomic E-state index is 0.0396. The number of amides is 1. The minimum atomic E-state index is -0.552. The molecule has 0 aromatic heterocycles. The predicted octanol–water partition coefficient (Wildman–Crippen LogP) is 4.28. The Bertz CT molecular complexity index is 689. The van der Waals surface area contributed by atoms with Gasteiger partial charge in [0.25, 0.3) is 5.91 Å². The fourth-order valence-electron chi connectivity index (χ4n) is 1.66. The number of aryl methyl sites for hydroxylation is 1. The molecule has 0 unspecified atom stereocenters. The van der Waals surface area contributed by atoms with Gasteiger partial charge in [-0.3, -0.25) is 4.79 Å². The Morgan fingerprint density at radius 1 is 1.20 bits per heavy atom. The van der Waals surface area contributed by atoms with Gasteiger partial charge in [0.15, 0.2) is 0 Å². The molecule has 2 aromatic rings. The molecule has 1 amide bonds. The molecule has 3 N–H and O–H groups in total. The Kier molecular flexibility index (Phi) is 4.16. The predicted molar refractivity (Wildman–Crippen MR) is 80.0 cm³/mol. The van der Waals surface area contributed by atoms with Crippen LogP contribution in [0, 0.1) is 12.7 Å². The molecule has 0 atom stereocenters. The van der Waals surface area contributed by atoms with Crippen LogP contribution in [-0.2, 0) is 0 Å². The van der Waals surface area contributed by atoms with Crippen molar-refractivity contribution in [3.63, 3.8) is 0 Å². The molecule has 0 aliphatic heterocycles. The molecular formula is C14H11Cl2FN2O. The fraction of sp³-hybridized carbons (Fsp3) is 0.0714. The third kappa shape index (κ3) is 3.03. The van der Waals surface area contributed by atoms with E-state index in [0.29, 0.717) is 15.7 Å². The first kappa shape index (κ1) is 14.6. The van der Waals surface area contributed by atoms with Gasteiger partial charge < -0.3 is 11.1 Å². The average molecular weight is 313 g/mol. The number of hydrogen-bond acceptors (Lipinski definition) is 2. The molecule has 3 nitrogen and oxygen atoms in total. The standard InChI is InChI=1S/C14H11Cl2FN2O/c1-7-4-11(16)13(6-10(7)15)19-14(20)9-5-8(17)2-3-12(9)18/h2-6H,18H2,1H3,(H,19,20). The van der Waals surface area contributed by atoms with E-state index in [-0.39, 0.29) is 11.3 Å². The number of benzene rings is 2. The van der Waals surface area contributed by atoms with Gasteiger partial charge in [0.2, 0.25) is 0 Å². The number of hydrogen-bond donors (Lipinski definition) is 2. The summed E-state index contributed by atoms with van der Waals surface area (Å²) in [4.78, 5) is 12.1. The molecule has 0 bridgehead atoms. The summed E-state index contributed by atoms with van der Waals surface area (Å²) in [6, 6.07) is 6.74. The van der Waals surface area contributed by atoms with Crippen molar-refractivity contribution in [3.05, 3.63) is 57.3 Å². The summed E-state index contributed by atoms with van der Waals surface area (Å²) in [6.07, 6.45) is 0. The molecule has 0 fully saturated rings. The Morgan fingerprint density at radius 3 is 2.60 bits per heavy atom. The number of nitrogens with one attached hydrogen (secondary N) is 1. The molecule has 104 valence electrons. The molecule has 0 heterocycles. The zero-order valence-corrected chi connectivity index (χ0v) is 12.0. The van der Waals surface area contributed by atoms with Crippen LogP contribution in [0.15, 0.2) is 30.3 Å². The first-order valence-corrected chi connectivity index (χ1v) is 6.46. The van der Waals surface area contributed by atoms with E-state index >= 15 is 0 Å². The molecule has 0 spiro atoms. The Hall–Kier alpha value is -1.78. The average Bonchev–Trinajstić information content (AvgIpc) is 2.38.